The van der Waals surface area contributed by atoms with Crippen molar-refractivity contribution in [3.05, 3.63) is 0 Å². The van der Waals surface area contributed by atoms with Crippen LogP contribution in [-0.2, 0) is 4.74 Å². The summed E-state index contributed by atoms with van der Waals surface area (Å²) < 4.78 is 5.03. The van der Waals surface area contributed by atoms with Gasteiger partial charge in [-0.15, -0.1) is 0 Å². The SMILES string of the molecule is NC(N)=NC[C@@H]1CC(N)C(O)[C@H](O)O1. The summed E-state index contributed by atoms with van der Waals surface area (Å²) in [5.41, 5.74) is 15.8. The van der Waals surface area contributed by atoms with E-state index in [4.69, 9.17) is 21.9 Å². The fourth-order valence-corrected chi connectivity index (χ4v) is 1.31. The lowest BCUT2D eigenvalue weighted by molar-refractivity contribution is -0.218. The Hall–Kier alpha value is -0.890. The third kappa shape index (κ3) is 2.81. The van der Waals surface area contributed by atoms with E-state index in [0.717, 1.165) is 0 Å². The van der Waals surface area contributed by atoms with Crippen molar-refractivity contribution in [1.82, 2.24) is 0 Å². The average molecular weight is 204 g/mol. The molecular weight excluding hydrogens is 188 g/mol. The first kappa shape index (κ1) is 11.2. The molecule has 0 aromatic heterocycles. The Labute approximate surface area is 81.5 Å². The van der Waals surface area contributed by atoms with Crippen molar-refractivity contribution in [2.24, 2.45) is 22.2 Å². The summed E-state index contributed by atoms with van der Waals surface area (Å²) in [7, 11) is 0. The zero-order valence-corrected chi connectivity index (χ0v) is 7.71. The second kappa shape index (κ2) is 4.56. The molecule has 0 aliphatic carbocycles. The van der Waals surface area contributed by atoms with E-state index in [-0.39, 0.29) is 18.6 Å². The number of hydrogen-bond acceptors (Lipinski definition) is 5. The summed E-state index contributed by atoms with van der Waals surface area (Å²) in [5.74, 6) is -0.0391. The number of hydrogen-bond donors (Lipinski definition) is 5. The van der Waals surface area contributed by atoms with E-state index < -0.39 is 18.4 Å². The molecule has 1 aliphatic rings. The molecule has 1 rings (SSSR count). The monoisotopic (exact) mass is 204 g/mol. The normalized spacial score (nSPS) is 37.9. The second-order valence-corrected chi connectivity index (χ2v) is 3.30. The number of aliphatic imine (C=N–C) groups is 1. The van der Waals surface area contributed by atoms with Gasteiger partial charge < -0.3 is 32.2 Å². The minimum absolute atomic E-state index is 0.0391. The molecule has 0 radical (unpaired) electrons. The first-order chi connectivity index (χ1) is 6.50. The van der Waals surface area contributed by atoms with Gasteiger partial charge in [0, 0.05) is 6.04 Å². The third-order valence-electron chi connectivity index (χ3n) is 2.08. The van der Waals surface area contributed by atoms with E-state index in [2.05, 4.69) is 4.99 Å². The van der Waals surface area contributed by atoms with Gasteiger partial charge in [0.15, 0.2) is 12.2 Å². The summed E-state index contributed by atoms with van der Waals surface area (Å²) in [5, 5.41) is 18.5. The number of ether oxygens (including phenoxy) is 1. The lowest BCUT2D eigenvalue weighted by Gasteiger charge is -2.34. The molecule has 1 saturated heterocycles. The fourth-order valence-electron chi connectivity index (χ4n) is 1.31. The van der Waals surface area contributed by atoms with Crippen LogP contribution in [0, 0.1) is 0 Å². The van der Waals surface area contributed by atoms with Crippen LogP contribution >= 0.6 is 0 Å². The molecule has 0 bridgehead atoms. The van der Waals surface area contributed by atoms with Crippen LogP contribution in [0.5, 0.6) is 0 Å². The maximum atomic E-state index is 9.26. The van der Waals surface area contributed by atoms with Gasteiger partial charge in [0.25, 0.3) is 0 Å². The van der Waals surface area contributed by atoms with Crippen molar-refractivity contribution >= 4 is 5.96 Å². The van der Waals surface area contributed by atoms with Crippen LogP contribution in [0.3, 0.4) is 0 Å². The van der Waals surface area contributed by atoms with E-state index in [1.165, 1.54) is 0 Å². The molecule has 0 amide bonds. The maximum absolute atomic E-state index is 9.26. The van der Waals surface area contributed by atoms with Gasteiger partial charge >= 0.3 is 0 Å². The van der Waals surface area contributed by atoms with E-state index in [1.54, 1.807) is 0 Å². The van der Waals surface area contributed by atoms with Crippen LogP contribution in [0.15, 0.2) is 4.99 Å². The Morgan fingerprint density at radius 3 is 2.57 bits per heavy atom. The molecule has 1 fully saturated rings. The van der Waals surface area contributed by atoms with Crippen LogP contribution in [0.4, 0.5) is 0 Å². The van der Waals surface area contributed by atoms with E-state index >= 15 is 0 Å². The summed E-state index contributed by atoms with van der Waals surface area (Å²) in [6.07, 6.45) is -2.26. The molecule has 0 aromatic rings. The van der Waals surface area contributed by atoms with Crippen LogP contribution in [0.1, 0.15) is 6.42 Å². The van der Waals surface area contributed by atoms with Crippen molar-refractivity contribution in [2.75, 3.05) is 6.54 Å². The van der Waals surface area contributed by atoms with Crippen molar-refractivity contribution < 1.29 is 14.9 Å². The number of aliphatic hydroxyl groups excluding tert-OH is 2. The molecule has 82 valence electrons. The Balaban J connectivity index is 2.46. The first-order valence-electron chi connectivity index (χ1n) is 4.33. The highest BCUT2D eigenvalue weighted by atomic mass is 16.6. The smallest absolute Gasteiger partial charge is 0.185 e. The van der Waals surface area contributed by atoms with E-state index in [1.807, 2.05) is 0 Å². The van der Waals surface area contributed by atoms with Gasteiger partial charge in [0.1, 0.15) is 6.10 Å². The minimum Gasteiger partial charge on any atom is -0.386 e. The van der Waals surface area contributed by atoms with Crippen molar-refractivity contribution in [2.45, 2.75) is 31.0 Å². The van der Waals surface area contributed by atoms with Crippen LogP contribution in [-0.4, -0.2) is 47.3 Å². The Kier molecular flexibility index (Phi) is 3.64. The topological polar surface area (TPSA) is 140 Å². The lowest BCUT2D eigenvalue weighted by atomic mass is 10.0. The summed E-state index contributed by atoms with van der Waals surface area (Å²) in [4.78, 5) is 3.74. The number of nitrogens with zero attached hydrogens (tertiary/aromatic N) is 1. The number of guanidine groups is 1. The molecule has 0 saturated carbocycles. The number of nitrogens with two attached hydrogens (primary N) is 3. The summed E-state index contributed by atoms with van der Waals surface area (Å²) >= 11 is 0. The Bertz CT molecular complexity index is 207. The van der Waals surface area contributed by atoms with Crippen molar-refractivity contribution in [1.29, 1.82) is 0 Å². The van der Waals surface area contributed by atoms with Crippen molar-refractivity contribution in [3.63, 3.8) is 0 Å². The third-order valence-corrected chi connectivity index (χ3v) is 2.08. The predicted molar refractivity (Wildman–Crippen MR) is 50.2 cm³/mol. The molecule has 14 heavy (non-hydrogen) atoms. The molecule has 1 aliphatic heterocycles. The zero-order valence-electron chi connectivity index (χ0n) is 7.71. The molecule has 2 unspecified atom stereocenters. The summed E-state index contributed by atoms with van der Waals surface area (Å²) in [6, 6.07) is -0.516. The second-order valence-electron chi connectivity index (χ2n) is 3.30. The predicted octanol–water partition coefficient (Wildman–Crippen LogP) is -2.94. The van der Waals surface area contributed by atoms with Crippen LogP contribution < -0.4 is 17.2 Å². The van der Waals surface area contributed by atoms with Crippen molar-refractivity contribution in [3.8, 4) is 0 Å². The van der Waals surface area contributed by atoms with E-state index in [9.17, 15) is 10.2 Å². The van der Waals surface area contributed by atoms with Gasteiger partial charge in [-0.1, -0.05) is 0 Å². The molecule has 0 spiro atoms. The highest BCUT2D eigenvalue weighted by Crippen LogP contribution is 2.17. The van der Waals surface area contributed by atoms with Gasteiger partial charge in [-0.25, -0.2) is 0 Å². The number of aliphatic hydroxyl groups is 2. The van der Waals surface area contributed by atoms with E-state index in [0.29, 0.717) is 6.42 Å². The molecular formula is C7H16N4O3. The molecule has 4 atom stereocenters. The highest BCUT2D eigenvalue weighted by molar-refractivity contribution is 5.75. The van der Waals surface area contributed by atoms with Crippen LogP contribution in [0.2, 0.25) is 0 Å². The van der Waals surface area contributed by atoms with Gasteiger partial charge in [-0.3, -0.25) is 4.99 Å². The maximum Gasteiger partial charge on any atom is 0.185 e. The van der Waals surface area contributed by atoms with Gasteiger partial charge in [-0.05, 0) is 6.42 Å². The van der Waals surface area contributed by atoms with Gasteiger partial charge in [-0.2, -0.15) is 0 Å². The molecule has 8 N–H and O–H groups in total. The fraction of sp³-hybridized carbons (Fsp3) is 0.857. The Morgan fingerprint density at radius 2 is 2.07 bits per heavy atom. The average Bonchev–Trinajstić information content (AvgIpc) is 2.10. The van der Waals surface area contributed by atoms with Crippen LogP contribution in [0.25, 0.3) is 0 Å². The largest absolute Gasteiger partial charge is 0.386 e. The van der Waals surface area contributed by atoms with Gasteiger partial charge in [0.05, 0.1) is 12.6 Å². The molecule has 7 heteroatoms. The summed E-state index contributed by atoms with van der Waals surface area (Å²) in [6.45, 7) is 0.236. The van der Waals surface area contributed by atoms with Gasteiger partial charge in [0.2, 0.25) is 0 Å². The number of rotatable bonds is 2. The Morgan fingerprint density at radius 1 is 1.43 bits per heavy atom. The standard InChI is InChI=1S/C7H16N4O3/c8-4-1-3(2-11-7(9)10)14-6(13)5(4)12/h3-6,12-13H,1-2,8H2,(H4,9,10,11)/t3-,4?,5?,6+/m0/s1. The quantitative estimate of drug-likeness (QED) is 0.241. The highest BCUT2D eigenvalue weighted by Gasteiger charge is 2.34. The first-order valence-corrected chi connectivity index (χ1v) is 4.33. The lowest BCUT2D eigenvalue weighted by Crippen LogP contribution is -2.53. The zero-order chi connectivity index (χ0) is 10.7. The molecule has 7 nitrogen and oxygen atoms in total. The minimum atomic E-state index is -1.27. The molecule has 1 heterocycles. The molecule has 0 aromatic carbocycles.